The number of rotatable bonds is 6. The van der Waals surface area contributed by atoms with E-state index in [2.05, 4.69) is 17.0 Å². The Bertz CT molecular complexity index is 2310. The first-order chi connectivity index (χ1) is 23.5. The predicted molar refractivity (Wildman–Crippen MR) is 184 cm³/mol. The van der Waals surface area contributed by atoms with Crippen molar-refractivity contribution in [3.8, 4) is 35.4 Å². The molecule has 232 valence electrons. The average molecular weight is 627 g/mol. The lowest BCUT2D eigenvalue weighted by Crippen LogP contribution is -2.51. The molecule has 0 aliphatic carbocycles. The molecule has 0 unspecified atom stereocenters. The molecular weight excluding hydrogens is 596 g/mol. The number of H-pyrrole nitrogens is 1. The molecule has 8 nitrogen and oxygen atoms in total. The van der Waals surface area contributed by atoms with E-state index in [-0.39, 0.29) is 24.8 Å². The number of nitriles is 1. The van der Waals surface area contributed by atoms with Crippen LogP contribution in [0.1, 0.15) is 27.4 Å². The van der Waals surface area contributed by atoms with Crippen LogP contribution >= 0.6 is 0 Å². The summed E-state index contributed by atoms with van der Waals surface area (Å²) in [6.45, 7) is 0.0458. The number of fused-ring (bicyclic) bond motifs is 3. The maximum Gasteiger partial charge on any atom is 0.253 e. The number of carbonyl (C=O) groups is 2. The number of likely N-dealkylation sites (N-methyl/N-ethyl adjacent to an activating group) is 1. The molecule has 1 saturated heterocycles. The highest BCUT2D eigenvalue weighted by molar-refractivity contribution is 6.15. The molecule has 0 radical (unpaired) electrons. The van der Waals surface area contributed by atoms with E-state index in [9.17, 15) is 5.26 Å². The Hall–Kier alpha value is -6.22. The lowest BCUT2D eigenvalue weighted by atomic mass is 9.62. The molecule has 2 aromatic heterocycles. The van der Waals surface area contributed by atoms with Gasteiger partial charge in [0.05, 0.1) is 29.7 Å². The zero-order valence-electron chi connectivity index (χ0n) is 26.2. The van der Waals surface area contributed by atoms with Crippen LogP contribution in [0.2, 0.25) is 0 Å². The largest absolute Gasteiger partial charge is 0.360 e. The summed E-state index contributed by atoms with van der Waals surface area (Å²) >= 11 is 0. The van der Waals surface area contributed by atoms with Crippen molar-refractivity contribution in [2.24, 2.45) is 5.41 Å². The second-order valence-corrected chi connectivity index (χ2v) is 12.4. The van der Waals surface area contributed by atoms with Crippen molar-refractivity contribution in [2.45, 2.75) is 11.5 Å². The first kappa shape index (κ1) is 29.2. The third-order valence-electron chi connectivity index (χ3n) is 9.99. The van der Waals surface area contributed by atoms with Gasteiger partial charge in [0.15, 0.2) is 5.78 Å². The van der Waals surface area contributed by atoms with Gasteiger partial charge in [-0.2, -0.15) is 10.4 Å². The molecule has 3 atom stereocenters. The molecular formula is C40H30N6O2. The summed E-state index contributed by atoms with van der Waals surface area (Å²) in [6, 6.07) is 37.0. The Morgan fingerprint density at radius 2 is 1.67 bits per heavy atom. The molecule has 0 saturated carbocycles. The number of likely N-dealkylation sites (tertiary alicyclic amines) is 1. The summed E-state index contributed by atoms with van der Waals surface area (Å²) in [7, 11) is 1.83. The number of anilines is 1. The van der Waals surface area contributed by atoms with E-state index >= 15 is 9.59 Å². The van der Waals surface area contributed by atoms with Crippen molar-refractivity contribution in [3.05, 3.63) is 138 Å². The topological polar surface area (TPSA) is 98.0 Å². The molecule has 0 bridgehead atoms. The van der Waals surface area contributed by atoms with Gasteiger partial charge in [-0.25, -0.2) is 4.68 Å². The molecule has 4 heterocycles. The standard InChI is InChI=1S/C40H30N6O2/c1-3-22-45-34-21-13-11-19-32(34)40(38(45)48)36(31-24-46(28-16-8-5-9-17-28)43-35(31)27-14-6-4-7-15-27)39(25-41,26-44(40)2)37(47)30-23-42-33-20-12-10-18-29(30)33/h1,4-21,23-24,36,42H,22,26H2,2H3/t36-,39+,40+/m1/s1. The zero-order valence-corrected chi connectivity index (χ0v) is 26.2. The Balaban J connectivity index is 1.47. The van der Waals surface area contributed by atoms with Crippen molar-refractivity contribution in [1.29, 1.82) is 5.26 Å². The second-order valence-electron chi connectivity index (χ2n) is 12.4. The van der Waals surface area contributed by atoms with E-state index in [0.29, 0.717) is 28.1 Å². The first-order valence-electron chi connectivity index (χ1n) is 15.7. The van der Waals surface area contributed by atoms with Crippen molar-refractivity contribution in [3.63, 3.8) is 0 Å². The zero-order chi connectivity index (χ0) is 33.0. The molecule has 2 aliphatic rings. The molecule has 1 N–H and O–H groups in total. The normalized spacial score (nSPS) is 21.8. The number of amides is 1. The van der Waals surface area contributed by atoms with Crippen molar-refractivity contribution >= 4 is 28.3 Å². The van der Waals surface area contributed by atoms with Crippen LogP contribution in [-0.4, -0.2) is 51.5 Å². The number of hydrogen-bond acceptors (Lipinski definition) is 5. The number of aromatic amines is 1. The maximum atomic E-state index is 15.2. The Morgan fingerprint density at radius 3 is 2.42 bits per heavy atom. The summed E-state index contributed by atoms with van der Waals surface area (Å²) in [5.74, 6) is 1.04. The Morgan fingerprint density at radius 1 is 0.979 bits per heavy atom. The SMILES string of the molecule is C#CCN1C(=O)[C@]2(c3ccccc31)[C@H](c1cn(-c3ccccc3)nc1-c1ccccc1)[C@@](C#N)(C(=O)c1c[nH]c3ccccc13)CN2C. The smallest absolute Gasteiger partial charge is 0.253 e. The summed E-state index contributed by atoms with van der Waals surface area (Å²) in [6.07, 6.45) is 9.39. The number of para-hydroxylation sites is 3. The van der Waals surface area contributed by atoms with Crippen molar-refractivity contribution in [2.75, 3.05) is 25.0 Å². The molecule has 8 heteroatoms. The van der Waals surface area contributed by atoms with E-state index in [1.54, 1.807) is 15.8 Å². The lowest BCUT2D eigenvalue weighted by Gasteiger charge is -2.38. The van der Waals surface area contributed by atoms with Gasteiger partial charge in [-0.3, -0.25) is 19.4 Å². The van der Waals surface area contributed by atoms with Crippen LogP contribution in [0, 0.1) is 29.1 Å². The van der Waals surface area contributed by atoms with Gasteiger partial charge in [0.25, 0.3) is 5.91 Å². The number of nitrogens with zero attached hydrogens (tertiary/aromatic N) is 5. The van der Waals surface area contributed by atoms with Gasteiger partial charge in [-0.15, -0.1) is 6.42 Å². The molecule has 2 aliphatic heterocycles. The highest BCUT2D eigenvalue weighted by Crippen LogP contribution is 2.64. The first-order valence-corrected chi connectivity index (χ1v) is 15.7. The van der Waals surface area contributed by atoms with Crippen LogP contribution in [0.3, 0.4) is 0 Å². The van der Waals surface area contributed by atoms with Gasteiger partial charge in [0, 0.05) is 58.0 Å². The minimum absolute atomic E-state index is 0.00121. The quantitative estimate of drug-likeness (QED) is 0.172. The van der Waals surface area contributed by atoms with Gasteiger partial charge in [-0.1, -0.05) is 90.8 Å². The molecule has 1 spiro atoms. The Labute approximate surface area is 277 Å². The number of terminal acetylenes is 1. The van der Waals surface area contributed by atoms with Crippen LogP contribution in [0.5, 0.6) is 0 Å². The second kappa shape index (κ2) is 10.9. The minimum atomic E-state index is -1.71. The monoisotopic (exact) mass is 626 g/mol. The number of carbonyl (C=O) groups excluding carboxylic acids is 2. The van der Waals surface area contributed by atoms with E-state index in [1.165, 1.54) is 0 Å². The molecule has 6 aromatic rings. The minimum Gasteiger partial charge on any atom is -0.360 e. The van der Waals surface area contributed by atoms with Gasteiger partial charge < -0.3 is 4.98 Å². The number of benzene rings is 4. The van der Waals surface area contributed by atoms with Gasteiger partial charge in [-0.05, 0) is 31.3 Å². The fourth-order valence-electron chi connectivity index (χ4n) is 8.00. The molecule has 1 fully saturated rings. The predicted octanol–water partition coefficient (Wildman–Crippen LogP) is 6.32. The van der Waals surface area contributed by atoms with Crippen molar-refractivity contribution in [1.82, 2.24) is 19.7 Å². The summed E-state index contributed by atoms with van der Waals surface area (Å²) in [4.78, 5) is 37.1. The number of nitrogens with one attached hydrogen (secondary N) is 1. The van der Waals surface area contributed by atoms with Crippen LogP contribution in [0.15, 0.2) is 122 Å². The fourth-order valence-corrected chi connectivity index (χ4v) is 8.00. The summed E-state index contributed by atoms with van der Waals surface area (Å²) in [5, 5.41) is 17.3. The molecule has 1 amide bonds. The number of aromatic nitrogens is 3. The molecule has 48 heavy (non-hydrogen) atoms. The third kappa shape index (κ3) is 3.90. The number of hydrogen-bond donors (Lipinski definition) is 1. The number of Topliss-reactive ketones (excluding diaryl/α,β-unsaturated/α-hetero) is 1. The van der Waals surface area contributed by atoms with Crippen LogP contribution in [-0.2, 0) is 10.3 Å². The van der Waals surface area contributed by atoms with E-state index in [0.717, 1.165) is 22.2 Å². The Kier molecular flexibility index (Phi) is 6.66. The van der Waals surface area contributed by atoms with Gasteiger partial charge in [0.1, 0.15) is 11.0 Å². The van der Waals surface area contributed by atoms with E-state index in [4.69, 9.17) is 11.5 Å². The average Bonchev–Trinajstić information content (AvgIpc) is 3.88. The summed E-state index contributed by atoms with van der Waals surface area (Å²) < 4.78 is 1.77. The maximum absolute atomic E-state index is 15.2. The molecule has 4 aromatic carbocycles. The summed E-state index contributed by atoms with van der Waals surface area (Å²) in [5.41, 5.74) is 2.23. The van der Waals surface area contributed by atoms with Crippen molar-refractivity contribution < 1.29 is 9.59 Å². The van der Waals surface area contributed by atoms with Gasteiger partial charge in [0.2, 0.25) is 0 Å². The fraction of sp³-hybridized carbons (Fsp3) is 0.150. The van der Waals surface area contributed by atoms with Crippen LogP contribution in [0.4, 0.5) is 5.69 Å². The van der Waals surface area contributed by atoms with Crippen LogP contribution < -0.4 is 4.90 Å². The molecule has 8 rings (SSSR count). The van der Waals surface area contributed by atoms with Gasteiger partial charge >= 0.3 is 0 Å². The van der Waals surface area contributed by atoms with Crippen LogP contribution in [0.25, 0.3) is 27.8 Å². The highest BCUT2D eigenvalue weighted by atomic mass is 16.2. The lowest BCUT2D eigenvalue weighted by molar-refractivity contribution is -0.128. The highest BCUT2D eigenvalue weighted by Gasteiger charge is 2.72. The number of ketones is 1. The van der Waals surface area contributed by atoms with E-state index < -0.39 is 16.9 Å². The third-order valence-corrected chi connectivity index (χ3v) is 9.99. The van der Waals surface area contributed by atoms with E-state index in [1.807, 2.05) is 127 Å².